The van der Waals surface area contributed by atoms with Crippen molar-refractivity contribution in [3.8, 4) is 39.1 Å². The van der Waals surface area contributed by atoms with Crippen molar-refractivity contribution in [3.63, 3.8) is 0 Å². The summed E-state index contributed by atoms with van der Waals surface area (Å²) in [5, 5.41) is 6.58. The van der Waals surface area contributed by atoms with Crippen LogP contribution in [-0.2, 0) is 0 Å². The van der Waals surface area contributed by atoms with Crippen LogP contribution in [0.5, 0.6) is 0 Å². The van der Waals surface area contributed by atoms with Crippen molar-refractivity contribution in [1.82, 2.24) is 4.57 Å². The molecule has 53 heavy (non-hydrogen) atoms. The Hall–Kier alpha value is -6.01. The second-order valence-corrected chi connectivity index (χ2v) is 16.4. The molecule has 1 nitrogen and oxygen atoms in total. The molecule has 0 aliphatic carbocycles. The van der Waals surface area contributed by atoms with Gasteiger partial charge in [-0.25, -0.2) is 0 Å². The van der Waals surface area contributed by atoms with E-state index in [1.807, 2.05) is 0 Å². The highest BCUT2D eigenvalue weighted by molar-refractivity contribution is 7.79. The average Bonchev–Trinajstić information content (AvgIpc) is 3.53. The summed E-state index contributed by atoms with van der Waals surface area (Å²) < 4.78 is 2.39. The largest absolute Gasteiger partial charge is 0.309 e. The Morgan fingerprint density at radius 2 is 0.755 bits per heavy atom. The molecule has 0 radical (unpaired) electrons. The summed E-state index contributed by atoms with van der Waals surface area (Å²) in [6, 6.07) is 69.8. The van der Waals surface area contributed by atoms with Crippen molar-refractivity contribution in [1.29, 1.82) is 0 Å². The number of benzene rings is 8. The van der Waals surface area contributed by atoms with Crippen LogP contribution in [0, 0.1) is 20.8 Å². The van der Waals surface area contributed by atoms with Gasteiger partial charge in [-0.1, -0.05) is 180 Å². The van der Waals surface area contributed by atoms with Crippen LogP contribution in [-0.4, -0.2) is 4.57 Å². The van der Waals surface area contributed by atoms with Gasteiger partial charge in [-0.3, -0.25) is 0 Å². The molecule has 1 aromatic heterocycles. The number of fused-ring (bicyclic) bond motifs is 3. The lowest BCUT2D eigenvalue weighted by molar-refractivity contribution is 1.18. The number of aryl methyl sites for hydroxylation is 3. The Morgan fingerprint density at radius 3 is 1.26 bits per heavy atom. The molecule has 0 N–H and O–H groups in total. The van der Waals surface area contributed by atoms with Crippen LogP contribution in [0.4, 0.5) is 0 Å². The summed E-state index contributed by atoms with van der Waals surface area (Å²) >= 11 is 0. The molecule has 1 heterocycles. The van der Waals surface area contributed by atoms with Crippen LogP contribution in [0.2, 0.25) is 0 Å². The van der Waals surface area contributed by atoms with Gasteiger partial charge in [0, 0.05) is 16.5 Å². The molecule has 0 amide bonds. The normalized spacial score (nSPS) is 12.0. The minimum Gasteiger partial charge on any atom is -0.309 e. The van der Waals surface area contributed by atoms with Crippen LogP contribution in [0.1, 0.15) is 16.7 Å². The van der Waals surface area contributed by atoms with Gasteiger partial charge in [0.1, 0.15) is 0 Å². The van der Waals surface area contributed by atoms with E-state index in [0.717, 1.165) is 0 Å². The Balaban J connectivity index is 1.09. The van der Waals surface area contributed by atoms with Crippen molar-refractivity contribution in [2.75, 3.05) is 0 Å². The quantitative estimate of drug-likeness (QED) is 0.146. The van der Waals surface area contributed by atoms with Crippen molar-refractivity contribution in [3.05, 3.63) is 205 Å². The number of nitrogens with zero attached hydrogens (tertiary/aromatic N) is 1. The molecule has 0 aliphatic heterocycles. The van der Waals surface area contributed by atoms with Crippen LogP contribution in [0.25, 0.3) is 60.9 Å². The van der Waals surface area contributed by atoms with Gasteiger partial charge in [0.05, 0.1) is 11.0 Å². The lowest BCUT2D eigenvalue weighted by Gasteiger charge is -2.21. The Kier molecular flexibility index (Phi) is 8.59. The molecule has 0 bridgehead atoms. The molecule has 0 fully saturated rings. The maximum absolute atomic E-state index is 2.39. The molecule has 9 rings (SSSR count). The third-order valence-corrected chi connectivity index (χ3v) is 12.8. The molecule has 9 aromatic rings. The van der Waals surface area contributed by atoms with E-state index >= 15 is 0 Å². The second kappa shape index (κ2) is 13.8. The third-order valence-electron chi connectivity index (χ3n) is 10.3. The van der Waals surface area contributed by atoms with Crippen LogP contribution in [0.15, 0.2) is 188 Å². The predicted octanol–water partition coefficient (Wildman–Crippen LogP) is 12.5. The predicted molar refractivity (Wildman–Crippen MR) is 230 cm³/mol. The summed E-state index contributed by atoms with van der Waals surface area (Å²) in [5.41, 5.74) is 14.9. The number of hydrogen-bond donors (Lipinski definition) is 0. The number of aromatic nitrogens is 1. The zero-order valence-corrected chi connectivity index (χ0v) is 31.2. The lowest BCUT2D eigenvalue weighted by atomic mass is 10.0. The van der Waals surface area contributed by atoms with Crippen molar-refractivity contribution in [2.24, 2.45) is 0 Å². The molecule has 2 heteroatoms. The minimum atomic E-state index is -0.787. The summed E-state index contributed by atoms with van der Waals surface area (Å²) in [6.07, 6.45) is 0. The Labute approximate surface area is 313 Å². The first-order valence-electron chi connectivity index (χ1n) is 18.3. The number of para-hydroxylation sites is 2. The Bertz CT molecular complexity index is 2640. The van der Waals surface area contributed by atoms with Gasteiger partial charge in [0.2, 0.25) is 0 Å². The zero-order valence-electron chi connectivity index (χ0n) is 30.3. The van der Waals surface area contributed by atoms with Gasteiger partial charge in [-0.15, -0.1) is 0 Å². The summed E-state index contributed by atoms with van der Waals surface area (Å²) in [4.78, 5) is 0. The van der Waals surface area contributed by atoms with E-state index in [9.17, 15) is 0 Å². The van der Waals surface area contributed by atoms with E-state index in [0.29, 0.717) is 0 Å². The SMILES string of the molecule is Cc1ccc(-c2ccc(P(c3ccc(-c4cc(C)cc(C)c4)cc3)c3ccc(-c4cccc(-n5c6ccccc6c6ccccc65)c4)cc3)cc2)cc1. The fourth-order valence-corrected chi connectivity index (χ4v) is 10.0. The van der Waals surface area contributed by atoms with E-state index in [4.69, 9.17) is 0 Å². The molecule has 0 aliphatic rings. The topological polar surface area (TPSA) is 4.93 Å². The van der Waals surface area contributed by atoms with Crippen molar-refractivity contribution in [2.45, 2.75) is 20.8 Å². The lowest BCUT2D eigenvalue weighted by Crippen LogP contribution is -2.20. The maximum atomic E-state index is 2.39. The van der Waals surface area contributed by atoms with E-state index in [1.165, 1.54) is 93.5 Å². The van der Waals surface area contributed by atoms with E-state index in [2.05, 4.69) is 213 Å². The molecule has 254 valence electrons. The smallest absolute Gasteiger partial charge is 0.0541 e. The van der Waals surface area contributed by atoms with E-state index in [1.54, 1.807) is 0 Å². The number of hydrogen-bond acceptors (Lipinski definition) is 0. The highest BCUT2D eigenvalue weighted by Crippen LogP contribution is 2.37. The van der Waals surface area contributed by atoms with E-state index < -0.39 is 7.92 Å². The molecule has 0 saturated heterocycles. The third kappa shape index (κ3) is 6.39. The van der Waals surface area contributed by atoms with Crippen LogP contribution < -0.4 is 15.9 Å². The monoisotopic (exact) mass is 697 g/mol. The maximum Gasteiger partial charge on any atom is 0.0541 e. The van der Waals surface area contributed by atoms with Gasteiger partial charge in [0.15, 0.2) is 0 Å². The van der Waals surface area contributed by atoms with Crippen molar-refractivity contribution >= 4 is 45.6 Å². The Morgan fingerprint density at radius 1 is 0.321 bits per heavy atom. The molecular weight excluding hydrogens is 658 g/mol. The first kappa shape index (κ1) is 32.9. The minimum absolute atomic E-state index is 0.787. The first-order valence-corrected chi connectivity index (χ1v) is 19.7. The second-order valence-electron chi connectivity index (χ2n) is 14.1. The van der Waals surface area contributed by atoms with Crippen LogP contribution >= 0.6 is 7.92 Å². The molecule has 0 saturated carbocycles. The number of rotatable bonds is 7. The van der Waals surface area contributed by atoms with Gasteiger partial charge in [-0.2, -0.15) is 0 Å². The standard InChI is InChI=1S/C51H40NP/c1-35-15-17-38(18-16-35)39-19-25-45(26-20-39)53(47-29-23-41(24-30-47)43-32-36(2)31-37(3)33-43)46-27-21-40(22-28-46)42-9-8-10-44(34-42)52-50-13-6-4-11-48(50)49-12-5-7-14-51(49)52/h4-34H,1-3H3. The van der Waals surface area contributed by atoms with Gasteiger partial charge < -0.3 is 4.57 Å². The molecular formula is C51H40NP. The summed E-state index contributed by atoms with van der Waals surface area (Å²) in [6.45, 7) is 6.49. The highest BCUT2D eigenvalue weighted by Gasteiger charge is 2.18. The van der Waals surface area contributed by atoms with Gasteiger partial charge in [0.25, 0.3) is 0 Å². The fourth-order valence-electron chi connectivity index (χ4n) is 7.77. The molecule has 0 spiro atoms. The average molecular weight is 698 g/mol. The molecule has 1 unspecified atom stereocenters. The van der Waals surface area contributed by atoms with Crippen LogP contribution in [0.3, 0.4) is 0 Å². The molecule has 1 atom stereocenters. The summed E-state index contributed by atoms with van der Waals surface area (Å²) in [7, 11) is -0.787. The zero-order chi connectivity index (χ0) is 35.9. The highest BCUT2D eigenvalue weighted by atomic mass is 31.1. The van der Waals surface area contributed by atoms with E-state index in [-0.39, 0.29) is 0 Å². The van der Waals surface area contributed by atoms with Gasteiger partial charge >= 0.3 is 0 Å². The fraction of sp³-hybridized carbons (Fsp3) is 0.0588. The van der Waals surface area contributed by atoms with Gasteiger partial charge in [-0.05, 0) is 102 Å². The summed E-state index contributed by atoms with van der Waals surface area (Å²) in [5.74, 6) is 0. The van der Waals surface area contributed by atoms with Crippen molar-refractivity contribution < 1.29 is 0 Å². The first-order chi connectivity index (χ1) is 26.0. The molecule has 8 aromatic carbocycles.